The molecule has 1 heterocycles. The lowest BCUT2D eigenvalue weighted by atomic mass is 9.91. The number of nitrogens with zero attached hydrogens (tertiary/aromatic N) is 1. The molecule has 3 heteroatoms. The summed E-state index contributed by atoms with van der Waals surface area (Å²) >= 11 is 0. The van der Waals surface area contributed by atoms with Gasteiger partial charge in [0.25, 0.3) is 0 Å². The van der Waals surface area contributed by atoms with Gasteiger partial charge >= 0.3 is 0 Å². The summed E-state index contributed by atoms with van der Waals surface area (Å²) in [6, 6.07) is 11.0. The summed E-state index contributed by atoms with van der Waals surface area (Å²) in [6.07, 6.45) is 4.62. The van der Waals surface area contributed by atoms with Crippen LogP contribution in [-0.4, -0.2) is 22.6 Å². The van der Waals surface area contributed by atoms with Crippen molar-refractivity contribution in [2.24, 2.45) is 0 Å². The van der Waals surface area contributed by atoms with Gasteiger partial charge in [0, 0.05) is 24.9 Å². The standard InChI is InChI=1S/C15H21N3/c1-3-16-14(11-15-17-9-10-18-15)12(2)13-7-5-4-6-8-13/h4-10,12,14,16H,3,11H2,1-2H3,(H,17,18). The van der Waals surface area contributed by atoms with Gasteiger partial charge in [-0.3, -0.25) is 0 Å². The Morgan fingerprint density at radius 2 is 2.06 bits per heavy atom. The minimum absolute atomic E-state index is 0.406. The Labute approximate surface area is 109 Å². The third-order valence-electron chi connectivity index (χ3n) is 3.36. The van der Waals surface area contributed by atoms with Crippen molar-refractivity contribution in [2.45, 2.75) is 32.2 Å². The molecular formula is C15H21N3. The van der Waals surface area contributed by atoms with E-state index in [2.05, 4.69) is 59.5 Å². The Morgan fingerprint density at radius 1 is 1.28 bits per heavy atom. The van der Waals surface area contributed by atoms with Gasteiger partial charge in [-0.25, -0.2) is 4.98 Å². The van der Waals surface area contributed by atoms with E-state index in [1.54, 1.807) is 0 Å². The van der Waals surface area contributed by atoms with E-state index in [1.165, 1.54) is 5.56 Å². The van der Waals surface area contributed by atoms with Crippen molar-refractivity contribution in [2.75, 3.05) is 6.54 Å². The Hall–Kier alpha value is -1.61. The van der Waals surface area contributed by atoms with Crippen LogP contribution in [0.25, 0.3) is 0 Å². The molecule has 0 bridgehead atoms. The molecule has 18 heavy (non-hydrogen) atoms. The molecule has 2 unspecified atom stereocenters. The number of imidazole rings is 1. The second-order valence-corrected chi connectivity index (χ2v) is 4.60. The molecule has 0 fully saturated rings. The molecule has 1 aromatic carbocycles. The minimum atomic E-state index is 0.406. The van der Waals surface area contributed by atoms with Crippen LogP contribution in [0.2, 0.25) is 0 Å². The van der Waals surface area contributed by atoms with Crippen LogP contribution in [0.15, 0.2) is 42.7 Å². The van der Waals surface area contributed by atoms with E-state index in [1.807, 2.05) is 12.4 Å². The normalized spacial score (nSPS) is 14.3. The topological polar surface area (TPSA) is 40.7 Å². The molecule has 2 atom stereocenters. The molecule has 0 amide bonds. The fourth-order valence-corrected chi connectivity index (χ4v) is 2.29. The highest BCUT2D eigenvalue weighted by molar-refractivity contribution is 5.21. The smallest absolute Gasteiger partial charge is 0.107 e. The van der Waals surface area contributed by atoms with E-state index < -0.39 is 0 Å². The van der Waals surface area contributed by atoms with Crippen LogP contribution in [0.1, 0.15) is 31.2 Å². The zero-order valence-corrected chi connectivity index (χ0v) is 11.1. The molecule has 0 radical (unpaired) electrons. The van der Waals surface area contributed by atoms with Gasteiger partial charge in [-0.05, 0) is 18.0 Å². The Morgan fingerprint density at radius 3 is 2.67 bits per heavy atom. The van der Waals surface area contributed by atoms with Crippen molar-refractivity contribution in [3.63, 3.8) is 0 Å². The van der Waals surface area contributed by atoms with E-state index >= 15 is 0 Å². The lowest BCUT2D eigenvalue weighted by Gasteiger charge is -2.24. The number of likely N-dealkylation sites (N-methyl/N-ethyl adjacent to an activating group) is 1. The van der Waals surface area contributed by atoms with Crippen molar-refractivity contribution in [1.29, 1.82) is 0 Å². The summed E-state index contributed by atoms with van der Waals surface area (Å²) in [5, 5.41) is 3.56. The minimum Gasteiger partial charge on any atom is -0.349 e. The molecule has 0 spiro atoms. The highest BCUT2D eigenvalue weighted by Crippen LogP contribution is 2.20. The van der Waals surface area contributed by atoms with Gasteiger partial charge < -0.3 is 10.3 Å². The molecule has 1 aromatic heterocycles. The maximum absolute atomic E-state index is 4.32. The monoisotopic (exact) mass is 243 g/mol. The van der Waals surface area contributed by atoms with Crippen LogP contribution in [-0.2, 0) is 6.42 Å². The summed E-state index contributed by atoms with van der Waals surface area (Å²) in [5.74, 6) is 1.51. The summed E-state index contributed by atoms with van der Waals surface area (Å²) in [7, 11) is 0. The van der Waals surface area contributed by atoms with Crippen LogP contribution in [0.3, 0.4) is 0 Å². The van der Waals surface area contributed by atoms with E-state index in [9.17, 15) is 0 Å². The van der Waals surface area contributed by atoms with E-state index in [-0.39, 0.29) is 0 Å². The Balaban J connectivity index is 2.09. The molecule has 0 aliphatic heterocycles. The first-order valence-electron chi connectivity index (χ1n) is 6.57. The van der Waals surface area contributed by atoms with Gasteiger partial charge in [-0.2, -0.15) is 0 Å². The molecule has 0 saturated carbocycles. The maximum atomic E-state index is 4.32. The Bertz CT molecular complexity index is 436. The van der Waals surface area contributed by atoms with E-state index in [0.717, 1.165) is 18.8 Å². The molecule has 0 aliphatic carbocycles. The highest BCUT2D eigenvalue weighted by Gasteiger charge is 2.19. The molecule has 96 valence electrons. The summed E-state index contributed by atoms with van der Waals surface area (Å²) in [6.45, 7) is 5.39. The molecule has 2 N–H and O–H groups in total. The quantitative estimate of drug-likeness (QED) is 0.819. The average molecular weight is 243 g/mol. The number of benzene rings is 1. The van der Waals surface area contributed by atoms with Crippen molar-refractivity contribution in [1.82, 2.24) is 15.3 Å². The lowest BCUT2D eigenvalue weighted by Crippen LogP contribution is -2.36. The first kappa shape index (κ1) is 12.8. The van der Waals surface area contributed by atoms with Gasteiger partial charge in [-0.15, -0.1) is 0 Å². The van der Waals surface area contributed by atoms with Gasteiger partial charge in [0.05, 0.1) is 0 Å². The second-order valence-electron chi connectivity index (χ2n) is 4.60. The summed E-state index contributed by atoms with van der Waals surface area (Å²) in [5.41, 5.74) is 1.37. The zero-order valence-electron chi connectivity index (χ0n) is 11.1. The molecule has 2 rings (SSSR count). The van der Waals surface area contributed by atoms with Crippen molar-refractivity contribution >= 4 is 0 Å². The van der Waals surface area contributed by atoms with Crippen LogP contribution in [0.5, 0.6) is 0 Å². The zero-order chi connectivity index (χ0) is 12.8. The number of aromatic nitrogens is 2. The number of aromatic amines is 1. The predicted molar refractivity (Wildman–Crippen MR) is 74.6 cm³/mol. The van der Waals surface area contributed by atoms with Crippen molar-refractivity contribution < 1.29 is 0 Å². The van der Waals surface area contributed by atoms with Gasteiger partial charge in [0.1, 0.15) is 5.82 Å². The summed E-state index contributed by atoms with van der Waals surface area (Å²) < 4.78 is 0. The van der Waals surface area contributed by atoms with Gasteiger partial charge in [0.2, 0.25) is 0 Å². The molecule has 0 aliphatic rings. The van der Waals surface area contributed by atoms with Crippen molar-refractivity contribution in [3.05, 3.63) is 54.1 Å². The third-order valence-corrected chi connectivity index (χ3v) is 3.36. The van der Waals surface area contributed by atoms with Crippen molar-refractivity contribution in [3.8, 4) is 0 Å². The first-order valence-corrected chi connectivity index (χ1v) is 6.57. The number of hydrogen-bond donors (Lipinski definition) is 2. The highest BCUT2D eigenvalue weighted by atomic mass is 14.9. The second kappa shape index (κ2) is 6.36. The molecule has 2 aromatic rings. The maximum Gasteiger partial charge on any atom is 0.107 e. The number of hydrogen-bond acceptors (Lipinski definition) is 2. The molecule has 3 nitrogen and oxygen atoms in total. The lowest BCUT2D eigenvalue weighted by molar-refractivity contribution is 0.451. The largest absolute Gasteiger partial charge is 0.349 e. The van der Waals surface area contributed by atoms with Gasteiger partial charge in [-0.1, -0.05) is 44.2 Å². The van der Waals surface area contributed by atoms with Crippen LogP contribution >= 0.6 is 0 Å². The SMILES string of the molecule is CCNC(Cc1ncc[nH]1)C(C)c1ccccc1. The van der Waals surface area contributed by atoms with E-state index in [4.69, 9.17) is 0 Å². The van der Waals surface area contributed by atoms with Crippen LogP contribution in [0, 0.1) is 0 Å². The average Bonchev–Trinajstić information content (AvgIpc) is 2.91. The number of rotatable bonds is 6. The number of H-pyrrole nitrogens is 1. The third kappa shape index (κ3) is 3.20. The number of nitrogens with one attached hydrogen (secondary N) is 2. The Kier molecular flexibility index (Phi) is 4.53. The van der Waals surface area contributed by atoms with E-state index in [0.29, 0.717) is 12.0 Å². The first-order chi connectivity index (χ1) is 8.81. The molecular weight excluding hydrogens is 222 g/mol. The fraction of sp³-hybridized carbons (Fsp3) is 0.400. The van der Waals surface area contributed by atoms with Gasteiger partial charge in [0.15, 0.2) is 0 Å². The molecule has 0 saturated heterocycles. The fourth-order valence-electron chi connectivity index (χ4n) is 2.29. The van der Waals surface area contributed by atoms with Crippen LogP contribution in [0.4, 0.5) is 0 Å². The summed E-state index contributed by atoms with van der Waals surface area (Å²) in [4.78, 5) is 7.50. The van der Waals surface area contributed by atoms with Crippen LogP contribution < -0.4 is 5.32 Å². The predicted octanol–water partition coefficient (Wildman–Crippen LogP) is 2.73.